The van der Waals surface area contributed by atoms with Crippen molar-refractivity contribution in [3.05, 3.63) is 84.4 Å². The van der Waals surface area contributed by atoms with E-state index in [2.05, 4.69) is 22.1 Å². The molecule has 0 N–H and O–H groups in total. The number of halogens is 1. The topological polar surface area (TPSA) is 46.1 Å². The highest BCUT2D eigenvalue weighted by Crippen LogP contribution is 2.31. The number of benzene rings is 2. The Morgan fingerprint density at radius 3 is 2.60 bits per heavy atom. The summed E-state index contributed by atoms with van der Waals surface area (Å²) in [4.78, 5) is 24.4. The van der Waals surface area contributed by atoms with E-state index in [4.69, 9.17) is 0 Å². The number of carbonyl (C=O) groups excluding carboxylic acids is 1. The maximum Gasteiger partial charge on any atom is 0.229 e. The summed E-state index contributed by atoms with van der Waals surface area (Å²) in [5.74, 6) is 0.471. The molecule has 2 heterocycles. The van der Waals surface area contributed by atoms with Crippen LogP contribution >= 0.6 is 23.1 Å². The van der Waals surface area contributed by atoms with Crippen LogP contribution in [0.2, 0.25) is 0 Å². The van der Waals surface area contributed by atoms with Crippen LogP contribution in [-0.4, -0.2) is 21.6 Å². The number of hydrogen-bond acceptors (Lipinski definition) is 5. The molecular formula is C23H20FN3OS2. The molecule has 4 rings (SSSR count). The second-order valence-electron chi connectivity index (χ2n) is 6.68. The number of aromatic nitrogens is 2. The summed E-state index contributed by atoms with van der Waals surface area (Å²) < 4.78 is 14.9. The Morgan fingerprint density at radius 1 is 1.03 bits per heavy atom. The molecule has 2 aromatic heterocycles. The number of pyridine rings is 1. The summed E-state index contributed by atoms with van der Waals surface area (Å²) in [6.07, 6.45) is 4.56. The summed E-state index contributed by atoms with van der Waals surface area (Å²) in [5, 5.41) is 0.521. The molecule has 30 heavy (non-hydrogen) atoms. The van der Waals surface area contributed by atoms with E-state index in [9.17, 15) is 9.18 Å². The molecule has 0 spiro atoms. The lowest BCUT2D eigenvalue weighted by Gasteiger charge is -2.20. The number of fused-ring (bicyclic) bond motifs is 1. The van der Waals surface area contributed by atoms with E-state index >= 15 is 0 Å². The van der Waals surface area contributed by atoms with Gasteiger partial charge in [-0.05, 0) is 54.1 Å². The molecule has 0 aliphatic rings. The summed E-state index contributed by atoms with van der Waals surface area (Å²) in [6, 6.07) is 18.8. The Bertz CT molecular complexity index is 1120. The molecule has 0 saturated carbocycles. The summed E-state index contributed by atoms with van der Waals surface area (Å²) in [6.45, 7) is 0.384. The van der Waals surface area contributed by atoms with Crippen LogP contribution in [0.4, 0.5) is 9.52 Å². The van der Waals surface area contributed by atoms with Crippen LogP contribution in [0.1, 0.15) is 18.4 Å². The third-order valence-electron chi connectivity index (χ3n) is 4.53. The fourth-order valence-corrected chi connectivity index (χ4v) is 4.89. The predicted octanol–water partition coefficient (Wildman–Crippen LogP) is 5.94. The van der Waals surface area contributed by atoms with Crippen molar-refractivity contribution >= 4 is 44.4 Å². The molecule has 0 unspecified atom stereocenters. The molecule has 0 aliphatic heterocycles. The number of carbonyl (C=O) groups is 1. The number of hydrogen-bond donors (Lipinski definition) is 0. The second-order valence-corrected chi connectivity index (χ2v) is 8.86. The van der Waals surface area contributed by atoms with Gasteiger partial charge < -0.3 is 0 Å². The number of thioether (sulfide) groups is 1. The molecule has 0 radical (unpaired) electrons. The molecule has 7 heteroatoms. The van der Waals surface area contributed by atoms with Crippen LogP contribution in [0, 0.1) is 5.82 Å². The van der Waals surface area contributed by atoms with Gasteiger partial charge in [0.2, 0.25) is 5.91 Å². The van der Waals surface area contributed by atoms with Crippen molar-refractivity contribution in [3.8, 4) is 0 Å². The van der Waals surface area contributed by atoms with Crippen LogP contribution < -0.4 is 4.90 Å². The van der Waals surface area contributed by atoms with Crippen molar-refractivity contribution in [2.75, 3.05) is 10.7 Å². The minimum absolute atomic E-state index is 0.0139. The number of rotatable bonds is 8. The van der Waals surface area contributed by atoms with Gasteiger partial charge in [-0.2, -0.15) is 0 Å². The fraction of sp³-hybridized carbons (Fsp3) is 0.174. The molecule has 0 bridgehead atoms. The lowest BCUT2D eigenvalue weighted by molar-refractivity contribution is -0.118. The van der Waals surface area contributed by atoms with Gasteiger partial charge in [-0.3, -0.25) is 14.7 Å². The Balaban J connectivity index is 1.49. The van der Waals surface area contributed by atoms with Crippen molar-refractivity contribution in [1.29, 1.82) is 0 Å². The average molecular weight is 438 g/mol. The van der Waals surface area contributed by atoms with E-state index in [0.717, 1.165) is 22.4 Å². The maximum atomic E-state index is 14.1. The Kier molecular flexibility index (Phi) is 6.71. The number of nitrogens with zero attached hydrogens (tertiary/aromatic N) is 3. The molecule has 2 aromatic carbocycles. The standard InChI is InChI=1S/C23H20FN3OS2/c24-19-8-4-9-20-22(19)26-23(30-20)27(16-17-11-13-25-14-12-17)21(28)10-5-15-29-18-6-2-1-3-7-18/h1-4,6-9,11-14H,5,10,15-16H2. The zero-order valence-electron chi connectivity index (χ0n) is 16.2. The molecule has 152 valence electrons. The highest BCUT2D eigenvalue weighted by molar-refractivity contribution is 7.99. The first-order valence-corrected chi connectivity index (χ1v) is 11.4. The number of amides is 1. The number of para-hydroxylation sites is 1. The van der Waals surface area contributed by atoms with E-state index in [1.165, 1.54) is 22.3 Å². The normalized spacial score (nSPS) is 11.0. The predicted molar refractivity (Wildman–Crippen MR) is 121 cm³/mol. The van der Waals surface area contributed by atoms with Crippen LogP contribution in [0.3, 0.4) is 0 Å². The zero-order valence-corrected chi connectivity index (χ0v) is 17.8. The minimum atomic E-state index is -0.370. The third kappa shape index (κ3) is 5.04. The molecule has 0 atom stereocenters. The SMILES string of the molecule is O=C(CCCSc1ccccc1)N(Cc1ccncc1)c1nc2c(F)cccc2s1. The van der Waals surface area contributed by atoms with Gasteiger partial charge in [0.25, 0.3) is 0 Å². The van der Waals surface area contributed by atoms with Gasteiger partial charge >= 0.3 is 0 Å². The maximum absolute atomic E-state index is 14.1. The molecule has 0 fully saturated rings. The fourth-order valence-electron chi connectivity index (χ4n) is 3.02. The van der Waals surface area contributed by atoms with Gasteiger partial charge in [-0.1, -0.05) is 35.6 Å². The third-order valence-corrected chi connectivity index (χ3v) is 6.67. The van der Waals surface area contributed by atoms with E-state index in [1.54, 1.807) is 35.1 Å². The van der Waals surface area contributed by atoms with Crippen molar-refractivity contribution in [2.45, 2.75) is 24.3 Å². The number of thiazole rings is 1. The van der Waals surface area contributed by atoms with Crippen LogP contribution in [0.25, 0.3) is 10.2 Å². The smallest absolute Gasteiger partial charge is 0.229 e. The van der Waals surface area contributed by atoms with Gasteiger partial charge in [0.1, 0.15) is 11.3 Å². The molecule has 0 aliphatic carbocycles. The molecule has 1 amide bonds. The second kappa shape index (κ2) is 9.82. The monoisotopic (exact) mass is 437 g/mol. The first-order valence-electron chi connectivity index (χ1n) is 9.63. The minimum Gasteiger partial charge on any atom is -0.284 e. The number of anilines is 1. The Morgan fingerprint density at radius 2 is 1.83 bits per heavy atom. The van der Waals surface area contributed by atoms with Crippen molar-refractivity contribution < 1.29 is 9.18 Å². The summed E-state index contributed by atoms with van der Waals surface area (Å²) in [5.41, 5.74) is 1.27. The highest BCUT2D eigenvalue weighted by Gasteiger charge is 2.21. The molecule has 0 saturated heterocycles. The van der Waals surface area contributed by atoms with Gasteiger partial charge in [0.15, 0.2) is 5.13 Å². The van der Waals surface area contributed by atoms with Crippen LogP contribution in [0.5, 0.6) is 0 Å². The summed E-state index contributed by atoms with van der Waals surface area (Å²) >= 11 is 3.07. The van der Waals surface area contributed by atoms with Crippen LogP contribution in [-0.2, 0) is 11.3 Å². The van der Waals surface area contributed by atoms with E-state index in [1.807, 2.05) is 36.4 Å². The average Bonchev–Trinajstić information content (AvgIpc) is 3.22. The Labute approximate surface area is 182 Å². The van der Waals surface area contributed by atoms with Crippen molar-refractivity contribution in [2.24, 2.45) is 0 Å². The van der Waals surface area contributed by atoms with Gasteiger partial charge in [0.05, 0.1) is 11.2 Å². The van der Waals surface area contributed by atoms with E-state index in [-0.39, 0.29) is 11.7 Å². The van der Waals surface area contributed by atoms with E-state index < -0.39 is 0 Å². The molecule has 4 nitrogen and oxygen atoms in total. The highest BCUT2D eigenvalue weighted by atomic mass is 32.2. The lowest BCUT2D eigenvalue weighted by Crippen LogP contribution is -2.30. The van der Waals surface area contributed by atoms with Gasteiger partial charge in [-0.15, -0.1) is 11.8 Å². The van der Waals surface area contributed by atoms with Crippen molar-refractivity contribution in [1.82, 2.24) is 9.97 Å². The van der Waals surface area contributed by atoms with Gasteiger partial charge in [-0.25, -0.2) is 9.37 Å². The Hall–Kier alpha value is -2.77. The van der Waals surface area contributed by atoms with E-state index in [0.29, 0.717) is 23.6 Å². The van der Waals surface area contributed by atoms with Crippen molar-refractivity contribution in [3.63, 3.8) is 0 Å². The van der Waals surface area contributed by atoms with Gasteiger partial charge in [0, 0.05) is 23.7 Å². The molecular weight excluding hydrogens is 417 g/mol. The zero-order chi connectivity index (χ0) is 20.8. The lowest BCUT2D eigenvalue weighted by atomic mass is 10.2. The first-order chi connectivity index (χ1) is 14.7. The summed E-state index contributed by atoms with van der Waals surface area (Å²) in [7, 11) is 0. The largest absolute Gasteiger partial charge is 0.284 e. The van der Waals surface area contributed by atoms with Crippen LogP contribution in [0.15, 0.2) is 78.0 Å². The first kappa shape index (κ1) is 20.5. The molecule has 4 aromatic rings. The quantitative estimate of drug-likeness (QED) is 0.253.